The molecule has 4 unspecified atom stereocenters. The van der Waals surface area contributed by atoms with Gasteiger partial charge in [0.05, 0.1) is 18.7 Å². The van der Waals surface area contributed by atoms with Gasteiger partial charge < -0.3 is 31.9 Å². The number of hydrogen-bond donors (Lipinski definition) is 6. The van der Waals surface area contributed by atoms with Crippen molar-refractivity contribution in [1.82, 2.24) is 16.0 Å². The molecule has 10 nitrogen and oxygen atoms in total. The minimum absolute atomic E-state index is 0.0226. The maximum atomic E-state index is 12.2. The number of rotatable bonds is 10. The Bertz CT molecular complexity index is 492. The van der Waals surface area contributed by atoms with Gasteiger partial charge in [-0.15, -0.1) is 0 Å². The predicted molar refractivity (Wildman–Crippen MR) is 89.3 cm³/mol. The molecule has 0 rings (SSSR count). The van der Waals surface area contributed by atoms with Crippen molar-refractivity contribution in [3.05, 3.63) is 0 Å². The van der Waals surface area contributed by atoms with Gasteiger partial charge in [0.25, 0.3) is 0 Å². The van der Waals surface area contributed by atoms with Crippen molar-refractivity contribution in [2.45, 2.75) is 58.3 Å². The zero-order chi connectivity index (χ0) is 19.7. The first-order valence-electron chi connectivity index (χ1n) is 7.99. The van der Waals surface area contributed by atoms with Crippen LogP contribution in [0, 0.1) is 5.92 Å². The van der Waals surface area contributed by atoms with Crippen molar-refractivity contribution in [2.75, 3.05) is 6.54 Å². The summed E-state index contributed by atoms with van der Waals surface area (Å²) in [5.41, 5.74) is 5.34. The number of nitrogens with one attached hydrogen (secondary N) is 3. The molecule has 0 aromatic rings. The molecule has 0 radical (unpaired) electrons. The fraction of sp³-hybridized carbons (Fsp3) is 0.733. The van der Waals surface area contributed by atoms with E-state index in [0.29, 0.717) is 0 Å². The molecule has 0 aromatic carbocycles. The van der Waals surface area contributed by atoms with E-state index in [1.165, 1.54) is 13.8 Å². The van der Waals surface area contributed by atoms with E-state index in [9.17, 15) is 24.3 Å². The normalized spacial score (nSPS) is 15.6. The minimum atomic E-state index is -1.35. The number of amides is 3. The van der Waals surface area contributed by atoms with E-state index in [1.807, 2.05) is 0 Å². The van der Waals surface area contributed by atoms with Gasteiger partial charge in [-0.2, -0.15) is 0 Å². The van der Waals surface area contributed by atoms with Crippen molar-refractivity contribution in [1.29, 1.82) is 0 Å². The highest BCUT2D eigenvalue weighted by Crippen LogP contribution is 2.06. The largest absolute Gasteiger partial charge is 0.480 e. The van der Waals surface area contributed by atoms with E-state index < -0.39 is 54.5 Å². The Balaban J connectivity index is 4.81. The van der Waals surface area contributed by atoms with Crippen molar-refractivity contribution >= 4 is 23.7 Å². The van der Waals surface area contributed by atoms with Crippen LogP contribution in [0.1, 0.15) is 34.1 Å². The smallest absolute Gasteiger partial charge is 0.326 e. The molecular formula is C15H28N4O6. The molecule has 7 N–H and O–H groups in total. The number of carbonyl (C=O) groups is 4. The Morgan fingerprint density at radius 1 is 1.00 bits per heavy atom. The van der Waals surface area contributed by atoms with E-state index in [-0.39, 0.29) is 12.3 Å². The van der Waals surface area contributed by atoms with Gasteiger partial charge in [-0.1, -0.05) is 13.8 Å². The number of carboxylic acid groups (broad SMARTS) is 1. The molecule has 0 saturated heterocycles. The summed E-state index contributed by atoms with van der Waals surface area (Å²) in [6, 6.07) is -3.28. The summed E-state index contributed by atoms with van der Waals surface area (Å²) in [5.74, 6) is -3.27. The number of carbonyl (C=O) groups excluding carboxylic acids is 3. The number of hydrogen-bond acceptors (Lipinski definition) is 6. The van der Waals surface area contributed by atoms with Gasteiger partial charge in [0.1, 0.15) is 12.1 Å². The van der Waals surface area contributed by atoms with Crippen LogP contribution in [-0.2, 0) is 19.2 Å². The van der Waals surface area contributed by atoms with Crippen molar-refractivity contribution in [3.8, 4) is 0 Å². The lowest BCUT2D eigenvalue weighted by atomic mass is 10.0. The molecule has 0 spiro atoms. The summed E-state index contributed by atoms with van der Waals surface area (Å²) in [4.78, 5) is 46.5. The first-order valence-corrected chi connectivity index (χ1v) is 7.99. The summed E-state index contributed by atoms with van der Waals surface area (Å²) < 4.78 is 0. The van der Waals surface area contributed by atoms with E-state index >= 15 is 0 Å². The second kappa shape index (κ2) is 10.6. The highest BCUT2D eigenvalue weighted by atomic mass is 16.4. The number of aliphatic hydroxyl groups excluding tert-OH is 1. The number of nitrogens with two attached hydrogens (primary N) is 1. The van der Waals surface area contributed by atoms with E-state index in [0.717, 1.165) is 0 Å². The first kappa shape index (κ1) is 22.8. The second-order valence-electron chi connectivity index (χ2n) is 6.32. The molecule has 3 amide bonds. The van der Waals surface area contributed by atoms with Crippen LogP contribution in [0.4, 0.5) is 0 Å². The van der Waals surface area contributed by atoms with Crippen molar-refractivity contribution in [3.63, 3.8) is 0 Å². The third-order valence-corrected chi connectivity index (χ3v) is 3.24. The Morgan fingerprint density at radius 3 is 1.96 bits per heavy atom. The highest BCUT2D eigenvalue weighted by Gasteiger charge is 2.30. The van der Waals surface area contributed by atoms with Crippen LogP contribution in [0.5, 0.6) is 0 Å². The summed E-state index contributed by atoms with van der Waals surface area (Å²) in [5, 5.41) is 25.7. The Hall–Kier alpha value is -2.20. The first-order chi connectivity index (χ1) is 11.5. The molecule has 0 aliphatic heterocycles. The molecule has 0 saturated carbocycles. The third-order valence-electron chi connectivity index (χ3n) is 3.24. The maximum absolute atomic E-state index is 12.2. The summed E-state index contributed by atoms with van der Waals surface area (Å²) in [6.07, 6.45) is -1.06. The molecular weight excluding hydrogens is 332 g/mol. The van der Waals surface area contributed by atoms with Crippen LogP contribution in [0.3, 0.4) is 0 Å². The predicted octanol–water partition coefficient (Wildman–Crippen LogP) is -2.07. The standard InChI is InChI=1S/C15H28N4O6/c1-7(2)5-10(15(24)25)18-14(23)12(9(4)20)19-11(21)6-17-13(22)8(3)16/h7-10,12,20H,5-6,16H2,1-4H3,(H,17,22)(H,18,23)(H,19,21)(H,24,25). The van der Waals surface area contributed by atoms with Crippen LogP contribution < -0.4 is 21.7 Å². The average Bonchev–Trinajstić information content (AvgIpc) is 2.48. The molecule has 10 heteroatoms. The minimum Gasteiger partial charge on any atom is -0.480 e. The molecule has 0 aliphatic rings. The summed E-state index contributed by atoms with van der Waals surface area (Å²) in [7, 11) is 0. The third kappa shape index (κ3) is 9.01. The zero-order valence-corrected chi connectivity index (χ0v) is 14.9. The lowest BCUT2D eigenvalue weighted by molar-refractivity contribution is -0.143. The molecule has 0 aliphatic carbocycles. The van der Waals surface area contributed by atoms with Gasteiger partial charge in [0.2, 0.25) is 17.7 Å². The molecule has 0 bridgehead atoms. The van der Waals surface area contributed by atoms with Gasteiger partial charge >= 0.3 is 5.97 Å². The molecule has 0 aromatic heterocycles. The average molecular weight is 360 g/mol. The summed E-state index contributed by atoms with van der Waals surface area (Å²) >= 11 is 0. The molecule has 0 heterocycles. The van der Waals surface area contributed by atoms with E-state index in [1.54, 1.807) is 13.8 Å². The zero-order valence-electron chi connectivity index (χ0n) is 14.9. The maximum Gasteiger partial charge on any atom is 0.326 e. The monoisotopic (exact) mass is 360 g/mol. The van der Waals surface area contributed by atoms with E-state index in [4.69, 9.17) is 10.8 Å². The molecule has 25 heavy (non-hydrogen) atoms. The SMILES string of the molecule is CC(C)CC(NC(=O)C(NC(=O)CNC(=O)C(C)N)C(C)O)C(=O)O. The fourth-order valence-electron chi connectivity index (χ4n) is 1.91. The molecule has 144 valence electrons. The Kier molecular flexibility index (Phi) is 9.69. The van der Waals surface area contributed by atoms with Crippen LogP contribution in [0.15, 0.2) is 0 Å². The lowest BCUT2D eigenvalue weighted by Crippen LogP contribution is -2.57. The van der Waals surface area contributed by atoms with Crippen LogP contribution in [-0.4, -0.2) is 64.7 Å². The van der Waals surface area contributed by atoms with E-state index in [2.05, 4.69) is 16.0 Å². The quantitative estimate of drug-likeness (QED) is 0.260. The van der Waals surface area contributed by atoms with Crippen molar-refractivity contribution in [2.24, 2.45) is 11.7 Å². The topological polar surface area (TPSA) is 171 Å². The molecule has 0 fully saturated rings. The second-order valence-corrected chi connectivity index (χ2v) is 6.32. The summed E-state index contributed by atoms with van der Waals surface area (Å²) in [6.45, 7) is 5.91. The van der Waals surface area contributed by atoms with Gasteiger partial charge in [0, 0.05) is 0 Å². The van der Waals surface area contributed by atoms with Gasteiger partial charge in [-0.3, -0.25) is 14.4 Å². The highest BCUT2D eigenvalue weighted by molar-refractivity contribution is 5.92. The van der Waals surface area contributed by atoms with Crippen LogP contribution >= 0.6 is 0 Å². The van der Waals surface area contributed by atoms with Gasteiger partial charge in [-0.25, -0.2) is 4.79 Å². The van der Waals surface area contributed by atoms with Gasteiger partial charge in [0.15, 0.2) is 0 Å². The van der Waals surface area contributed by atoms with Crippen LogP contribution in [0.2, 0.25) is 0 Å². The number of aliphatic hydroxyl groups is 1. The van der Waals surface area contributed by atoms with Gasteiger partial charge in [-0.05, 0) is 26.2 Å². The van der Waals surface area contributed by atoms with Crippen molar-refractivity contribution < 1.29 is 29.4 Å². The lowest BCUT2D eigenvalue weighted by Gasteiger charge is -2.24. The number of carboxylic acids is 1. The Morgan fingerprint density at radius 2 is 1.56 bits per heavy atom. The number of aliphatic carboxylic acids is 1. The van der Waals surface area contributed by atoms with Crippen LogP contribution in [0.25, 0.3) is 0 Å². The Labute approximate surface area is 146 Å². The molecule has 4 atom stereocenters. The fourth-order valence-corrected chi connectivity index (χ4v) is 1.91.